The molecule has 0 radical (unpaired) electrons. The highest BCUT2D eigenvalue weighted by molar-refractivity contribution is 6.29. The van der Waals surface area contributed by atoms with Gasteiger partial charge in [0.25, 0.3) is 0 Å². The van der Waals surface area contributed by atoms with Crippen molar-refractivity contribution in [3.8, 4) is 11.3 Å². The average Bonchev–Trinajstić information content (AvgIpc) is 3.37. The Balaban J connectivity index is 1.55. The summed E-state index contributed by atoms with van der Waals surface area (Å²) in [5.41, 5.74) is 1.39. The van der Waals surface area contributed by atoms with E-state index in [9.17, 15) is 17.6 Å². The molecular formula is C22H19ClF4N6O. The number of hydrogen-bond acceptors (Lipinski definition) is 6. The van der Waals surface area contributed by atoms with Crippen molar-refractivity contribution in [3.05, 3.63) is 76.3 Å². The lowest BCUT2D eigenvalue weighted by molar-refractivity contribution is -0.139. The molecule has 4 rings (SSSR count). The molecule has 4 aromatic rings. The molecule has 0 unspecified atom stereocenters. The lowest BCUT2D eigenvalue weighted by atomic mass is 10.1. The standard InChI is InChI=1S/C22H19ClF4N6O/c1-12-8-15(33-34-12)11-28-6-5-18-20(13-4-7-29-19(23)9-13)32-21(31-18)30-14-2-3-17(24)16(10-14)22(25,26)27/h2-4,7-10,28H,5-6,11H2,1H3,(H2,30,31,32). The number of pyridine rings is 1. The zero-order valence-corrected chi connectivity index (χ0v) is 18.6. The molecule has 0 spiro atoms. The molecule has 0 aliphatic heterocycles. The number of nitrogens with zero attached hydrogens (tertiary/aromatic N) is 3. The van der Waals surface area contributed by atoms with Gasteiger partial charge < -0.3 is 20.1 Å². The Labute approximate surface area is 196 Å². The van der Waals surface area contributed by atoms with Gasteiger partial charge in [-0.2, -0.15) is 13.2 Å². The van der Waals surface area contributed by atoms with E-state index in [1.165, 1.54) is 12.3 Å². The topological polar surface area (TPSA) is 91.7 Å². The number of benzene rings is 1. The Bertz CT molecular complexity index is 1290. The van der Waals surface area contributed by atoms with Crippen LogP contribution < -0.4 is 10.6 Å². The van der Waals surface area contributed by atoms with Crippen LogP contribution in [0.1, 0.15) is 22.7 Å². The summed E-state index contributed by atoms with van der Waals surface area (Å²) >= 11 is 6.02. The second-order valence-corrected chi connectivity index (χ2v) is 7.84. The summed E-state index contributed by atoms with van der Waals surface area (Å²) in [6.45, 7) is 2.86. The lowest BCUT2D eigenvalue weighted by Crippen LogP contribution is -2.17. The van der Waals surface area contributed by atoms with Crippen LogP contribution >= 0.6 is 11.6 Å². The van der Waals surface area contributed by atoms with Crippen LogP contribution in [0.15, 0.2) is 47.1 Å². The number of aromatic amines is 1. The van der Waals surface area contributed by atoms with E-state index in [1.54, 1.807) is 19.1 Å². The van der Waals surface area contributed by atoms with E-state index in [1.807, 2.05) is 6.07 Å². The minimum absolute atomic E-state index is 0.0351. The molecular weight excluding hydrogens is 476 g/mol. The van der Waals surface area contributed by atoms with E-state index in [0.717, 1.165) is 11.8 Å². The largest absolute Gasteiger partial charge is 0.419 e. The second kappa shape index (κ2) is 9.82. The summed E-state index contributed by atoms with van der Waals surface area (Å²) in [5, 5.41) is 10.2. The number of nitrogens with one attached hydrogen (secondary N) is 3. The van der Waals surface area contributed by atoms with Crippen molar-refractivity contribution in [1.82, 2.24) is 25.4 Å². The zero-order valence-electron chi connectivity index (χ0n) is 17.8. The molecule has 178 valence electrons. The molecule has 0 fully saturated rings. The Morgan fingerprint density at radius 1 is 1.15 bits per heavy atom. The first kappa shape index (κ1) is 23.7. The number of aromatic nitrogens is 4. The second-order valence-electron chi connectivity index (χ2n) is 7.45. The van der Waals surface area contributed by atoms with Gasteiger partial charge in [-0.1, -0.05) is 16.8 Å². The fraction of sp³-hybridized carbons (Fsp3) is 0.227. The first-order valence-electron chi connectivity index (χ1n) is 10.2. The van der Waals surface area contributed by atoms with Crippen LogP contribution in [0.5, 0.6) is 0 Å². The monoisotopic (exact) mass is 494 g/mol. The van der Waals surface area contributed by atoms with Gasteiger partial charge in [-0.15, -0.1) is 0 Å². The van der Waals surface area contributed by atoms with Crippen molar-refractivity contribution in [1.29, 1.82) is 0 Å². The molecule has 7 nitrogen and oxygen atoms in total. The van der Waals surface area contributed by atoms with Crippen molar-refractivity contribution >= 4 is 23.2 Å². The molecule has 1 aromatic carbocycles. The highest BCUT2D eigenvalue weighted by Crippen LogP contribution is 2.34. The minimum atomic E-state index is -4.82. The van der Waals surface area contributed by atoms with Crippen molar-refractivity contribution in [2.24, 2.45) is 0 Å². The first-order chi connectivity index (χ1) is 16.2. The van der Waals surface area contributed by atoms with Crippen molar-refractivity contribution in [2.45, 2.75) is 26.1 Å². The molecule has 0 aliphatic rings. The Kier molecular flexibility index (Phi) is 6.85. The van der Waals surface area contributed by atoms with E-state index in [2.05, 4.69) is 30.7 Å². The Morgan fingerprint density at radius 2 is 1.97 bits per heavy atom. The molecule has 3 heterocycles. The van der Waals surface area contributed by atoms with Gasteiger partial charge in [-0.3, -0.25) is 0 Å². The molecule has 0 bridgehead atoms. The predicted octanol–water partition coefficient (Wildman–Crippen LogP) is 5.66. The number of rotatable bonds is 8. The van der Waals surface area contributed by atoms with Crippen LogP contribution in [0.4, 0.5) is 29.2 Å². The third kappa shape index (κ3) is 5.72. The van der Waals surface area contributed by atoms with E-state index < -0.39 is 17.6 Å². The highest BCUT2D eigenvalue weighted by Gasteiger charge is 2.34. The highest BCUT2D eigenvalue weighted by atomic mass is 35.5. The van der Waals surface area contributed by atoms with E-state index >= 15 is 0 Å². The number of imidazole rings is 1. The number of hydrogen-bond donors (Lipinski definition) is 3. The van der Waals surface area contributed by atoms with Gasteiger partial charge in [0.1, 0.15) is 16.7 Å². The number of aryl methyl sites for hydroxylation is 1. The van der Waals surface area contributed by atoms with Gasteiger partial charge in [0.05, 0.1) is 17.0 Å². The number of anilines is 2. The number of halogens is 5. The first-order valence-corrected chi connectivity index (χ1v) is 10.5. The predicted molar refractivity (Wildman–Crippen MR) is 118 cm³/mol. The maximum Gasteiger partial charge on any atom is 0.419 e. The third-order valence-electron chi connectivity index (χ3n) is 4.85. The van der Waals surface area contributed by atoms with Crippen LogP contribution in [-0.4, -0.2) is 26.7 Å². The van der Waals surface area contributed by atoms with Gasteiger partial charge >= 0.3 is 6.18 Å². The minimum Gasteiger partial charge on any atom is -0.361 e. The molecule has 3 N–H and O–H groups in total. The molecule has 0 aliphatic carbocycles. The summed E-state index contributed by atoms with van der Waals surface area (Å²) < 4.78 is 57.9. The summed E-state index contributed by atoms with van der Waals surface area (Å²) in [7, 11) is 0. The third-order valence-corrected chi connectivity index (χ3v) is 5.05. The van der Waals surface area contributed by atoms with Crippen LogP contribution in [-0.2, 0) is 19.1 Å². The fourth-order valence-electron chi connectivity index (χ4n) is 3.33. The molecule has 3 aromatic heterocycles. The molecule has 34 heavy (non-hydrogen) atoms. The number of H-pyrrole nitrogens is 1. The van der Waals surface area contributed by atoms with Crippen molar-refractivity contribution in [3.63, 3.8) is 0 Å². The Hall–Kier alpha value is -3.44. The molecule has 0 saturated carbocycles. The molecule has 0 atom stereocenters. The van der Waals surface area contributed by atoms with E-state index in [-0.39, 0.29) is 16.8 Å². The fourth-order valence-corrected chi connectivity index (χ4v) is 3.50. The van der Waals surface area contributed by atoms with Gasteiger partial charge in [-0.25, -0.2) is 14.4 Å². The van der Waals surface area contributed by atoms with E-state index in [4.69, 9.17) is 16.1 Å². The zero-order chi connectivity index (χ0) is 24.3. The van der Waals surface area contributed by atoms with Gasteiger partial charge in [0.2, 0.25) is 5.95 Å². The molecule has 0 saturated heterocycles. The summed E-state index contributed by atoms with van der Waals surface area (Å²) in [6.07, 6.45) is -2.77. The van der Waals surface area contributed by atoms with Gasteiger partial charge in [0.15, 0.2) is 0 Å². The lowest BCUT2D eigenvalue weighted by Gasteiger charge is -2.10. The van der Waals surface area contributed by atoms with Crippen LogP contribution in [0.25, 0.3) is 11.3 Å². The van der Waals surface area contributed by atoms with Gasteiger partial charge in [0, 0.05) is 48.7 Å². The maximum absolute atomic E-state index is 13.6. The normalized spacial score (nSPS) is 11.7. The van der Waals surface area contributed by atoms with Crippen molar-refractivity contribution in [2.75, 3.05) is 11.9 Å². The van der Waals surface area contributed by atoms with Crippen molar-refractivity contribution < 1.29 is 22.1 Å². The molecule has 12 heteroatoms. The van der Waals surface area contributed by atoms with Gasteiger partial charge in [-0.05, 0) is 37.3 Å². The number of alkyl halides is 3. The van der Waals surface area contributed by atoms with Crippen LogP contribution in [0.2, 0.25) is 5.15 Å². The Morgan fingerprint density at radius 3 is 2.68 bits per heavy atom. The SMILES string of the molecule is Cc1cc(CNCCc2[nH]c(Nc3ccc(F)c(C(F)(F)F)c3)nc2-c2ccnc(Cl)c2)no1. The molecule has 0 amide bonds. The van der Waals surface area contributed by atoms with E-state index in [0.29, 0.717) is 48.3 Å². The van der Waals surface area contributed by atoms with Crippen LogP contribution in [0, 0.1) is 12.7 Å². The quantitative estimate of drug-likeness (QED) is 0.166. The summed E-state index contributed by atoms with van der Waals surface area (Å²) in [4.78, 5) is 11.5. The summed E-state index contributed by atoms with van der Waals surface area (Å²) in [5.74, 6) is -0.434. The summed E-state index contributed by atoms with van der Waals surface area (Å²) in [6, 6.07) is 7.84. The smallest absolute Gasteiger partial charge is 0.361 e. The average molecular weight is 495 g/mol. The maximum atomic E-state index is 13.6. The van der Waals surface area contributed by atoms with Crippen LogP contribution in [0.3, 0.4) is 0 Å².